The van der Waals surface area contributed by atoms with E-state index in [1.54, 1.807) is 18.5 Å². The molecule has 0 aliphatic carbocycles. The number of para-hydroxylation sites is 1. The number of imidazole rings is 1. The molecule has 5 nitrogen and oxygen atoms in total. The first-order chi connectivity index (χ1) is 9.29. The lowest BCUT2D eigenvalue weighted by Crippen LogP contribution is -2.08. The number of ether oxygens (including phenoxy) is 1. The highest BCUT2D eigenvalue weighted by Crippen LogP contribution is 2.19. The van der Waals surface area contributed by atoms with Gasteiger partial charge in [-0.05, 0) is 19.1 Å². The molecule has 1 heterocycles. The second-order valence-electron chi connectivity index (χ2n) is 3.73. The number of anilines is 1. The van der Waals surface area contributed by atoms with Crippen LogP contribution in [0.25, 0.3) is 6.08 Å². The third-order valence-electron chi connectivity index (χ3n) is 2.37. The molecule has 1 aromatic heterocycles. The molecule has 0 radical (unpaired) electrons. The highest BCUT2D eigenvalue weighted by molar-refractivity contribution is 6.01. The number of nitrogens with one attached hydrogen (secondary N) is 2. The summed E-state index contributed by atoms with van der Waals surface area (Å²) in [5.74, 6) is 0.932. The maximum absolute atomic E-state index is 11.7. The van der Waals surface area contributed by atoms with Gasteiger partial charge in [0.05, 0.1) is 6.61 Å². The Labute approximate surface area is 111 Å². The van der Waals surface area contributed by atoms with Gasteiger partial charge in [0.1, 0.15) is 5.75 Å². The van der Waals surface area contributed by atoms with Crippen molar-refractivity contribution in [2.45, 2.75) is 6.92 Å². The van der Waals surface area contributed by atoms with Crippen molar-refractivity contribution in [2.24, 2.45) is 0 Å². The molecular weight excluding hydrogens is 242 g/mol. The molecule has 2 N–H and O–H groups in total. The Morgan fingerprint density at radius 1 is 1.47 bits per heavy atom. The van der Waals surface area contributed by atoms with Gasteiger partial charge < -0.3 is 9.72 Å². The van der Waals surface area contributed by atoms with Gasteiger partial charge in [-0.15, -0.1) is 0 Å². The van der Waals surface area contributed by atoms with E-state index in [9.17, 15) is 4.79 Å². The van der Waals surface area contributed by atoms with E-state index in [1.807, 2.05) is 31.2 Å². The second kappa shape index (κ2) is 6.39. The summed E-state index contributed by atoms with van der Waals surface area (Å²) in [7, 11) is 0. The predicted molar refractivity (Wildman–Crippen MR) is 73.9 cm³/mol. The molecule has 98 valence electrons. The van der Waals surface area contributed by atoms with Gasteiger partial charge in [-0.3, -0.25) is 10.1 Å². The van der Waals surface area contributed by atoms with Crippen molar-refractivity contribution in [3.05, 3.63) is 48.3 Å². The van der Waals surface area contributed by atoms with Crippen LogP contribution in [0, 0.1) is 0 Å². The highest BCUT2D eigenvalue weighted by Gasteiger charge is 2.01. The van der Waals surface area contributed by atoms with E-state index in [0.717, 1.165) is 11.3 Å². The van der Waals surface area contributed by atoms with E-state index < -0.39 is 0 Å². The first-order valence-corrected chi connectivity index (χ1v) is 6.00. The third kappa shape index (κ3) is 3.70. The Balaban J connectivity index is 2.03. The van der Waals surface area contributed by atoms with E-state index in [-0.39, 0.29) is 5.91 Å². The largest absolute Gasteiger partial charge is 0.493 e. The first kappa shape index (κ1) is 12.9. The predicted octanol–water partition coefficient (Wildman–Crippen LogP) is 2.46. The SMILES string of the molecule is CCOc1ccccc1C=CC(=O)Nc1ncc[nH]1. The topological polar surface area (TPSA) is 67.0 Å². The number of hydrogen-bond donors (Lipinski definition) is 2. The molecule has 1 amide bonds. The Morgan fingerprint density at radius 2 is 2.32 bits per heavy atom. The van der Waals surface area contributed by atoms with Gasteiger partial charge in [0.25, 0.3) is 5.91 Å². The van der Waals surface area contributed by atoms with Crippen molar-refractivity contribution in [3.63, 3.8) is 0 Å². The highest BCUT2D eigenvalue weighted by atomic mass is 16.5. The number of aromatic amines is 1. The maximum atomic E-state index is 11.7. The minimum atomic E-state index is -0.249. The minimum absolute atomic E-state index is 0.249. The van der Waals surface area contributed by atoms with Crippen LogP contribution in [0.2, 0.25) is 0 Å². The number of H-pyrrole nitrogens is 1. The maximum Gasteiger partial charge on any atom is 0.250 e. The molecule has 0 unspecified atom stereocenters. The molecule has 19 heavy (non-hydrogen) atoms. The van der Waals surface area contributed by atoms with Crippen LogP contribution in [0.5, 0.6) is 5.75 Å². The standard InChI is InChI=1S/C14H15N3O2/c1-2-19-12-6-4-3-5-11(12)7-8-13(18)17-14-15-9-10-16-14/h3-10H,2H2,1H3,(H2,15,16,17,18). The van der Waals surface area contributed by atoms with Gasteiger partial charge in [0.2, 0.25) is 5.95 Å². The van der Waals surface area contributed by atoms with Gasteiger partial charge in [-0.25, -0.2) is 4.98 Å². The summed E-state index contributed by atoms with van der Waals surface area (Å²) >= 11 is 0. The van der Waals surface area contributed by atoms with Crippen LogP contribution < -0.4 is 10.1 Å². The zero-order valence-electron chi connectivity index (χ0n) is 10.6. The van der Waals surface area contributed by atoms with Crippen LogP contribution in [-0.2, 0) is 4.79 Å². The Hall–Kier alpha value is -2.56. The number of aromatic nitrogens is 2. The number of amides is 1. The lowest BCUT2D eigenvalue weighted by molar-refractivity contribution is -0.111. The number of benzene rings is 1. The van der Waals surface area contributed by atoms with Gasteiger partial charge in [0, 0.05) is 24.0 Å². The molecular formula is C14H15N3O2. The molecule has 2 rings (SSSR count). The molecule has 1 aromatic carbocycles. The normalized spacial score (nSPS) is 10.6. The van der Waals surface area contributed by atoms with Crippen LogP contribution in [0.3, 0.4) is 0 Å². The summed E-state index contributed by atoms with van der Waals surface area (Å²) in [6, 6.07) is 7.55. The van der Waals surface area contributed by atoms with E-state index >= 15 is 0 Å². The van der Waals surface area contributed by atoms with Crippen LogP contribution in [-0.4, -0.2) is 22.5 Å². The lowest BCUT2D eigenvalue weighted by atomic mass is 10.2. The summed E-state index contributed by atoms with van der Waals surface area (Å²) in [6.07, 6.45) is 6.37. The van der Waals surface area contributed by atoms with Crippen molar-refractivity contribution < 1.29 is 9.53 Å². The van der Waals surface area contributed by atoms with Crippen molar-refractivity contribution in [1.82, 2.24) is 9.97 Å². The molecule has 0 fully saturated rings. The molecule has 0 aliphatic rings. The summed E-state index contributed by atoms with van der Waals surface area (Å²) < 4.78 is 5.47. The van der Waals surface area contributed by atoms with Crippen LogP contribution in [0.4, 0.5) is 5.95 Å². The van der Waals surface area contributed by atoms with Gasteiger partial charge in [-0.2, -0.15) is 0 Å². The summed E-state index contributed by atoms with van der Waals surface area (Å²) in [4.78, 5) is 18.4. The first-order valence-electron chi connectivity index (χ1n) is 6.00. The minimum Gasteiger partial charge on any atom is -0.493 e. The molecule has 2 aromatic rings. The molecule has 0 aliphatic heterocycles. The average Bonchev–Trinajstić information content (AvgIpc) is 2.91. The van der Waals surface area contributed by atoms with Gasteiger partial charge in [-0.1, -0.05) is 18.2 Å². The lowest BCUT2D eigenvalue weighted by Gasteiger charge is -2.06. The number of rotatable bonds is 5. The zero-order valence-corrected chi connectivity index (χ0v) is 10.6. The van der Waals surface area contributed by atoms with Crippen molar-refractivity contribution in [2.75, 3.05) is 11.9 Å². The summed E-state index contributed by atoms with van der Waals surface area (Å²) in [5, 5.41) is 2.61. The van der Waals surface area contributed by atoms with E-state index in [2.05, 4.69) is 15.3 Å². The fourth-order valence-corrected chi connectivity index (χ4v) is 1.56. The van der Waals surface area contributed by atoms with Crippen LogP contribution >= 0.6 is 0 Å². The molecule has 0 saturated heterocycles. The molecule has 0 atom stereocenters. The quantitative estimate of drug-likeness (QED) is 0.808. The third-order valence-corrected chi connectivity index (χ3v) is 2.37. The van der Waals surface area contributed by atoms with Crippen molar-refractivity contribution in [3.8, 4) is 5.75 Å². The van der Waals surface area contributed by atoms with E-state index in [0.29, 0.717) is 12.6 Å². The number of hydrogen-bond acceptors (Lipinski definition) is 3. The summed E-state index contributed by atoms with van der Waals surface area (Å²) in [6.45, 7) is 2.51. The van der Waals surface area contributed by atoms with Gasteiger partial charge in [0.15, 0.2) is 0 Å². The molecule has 5 heteroatoms. The Morgan fingerprint density at radius 3 is 3.05 bits per heavy atom. The fraction of sp³-hybridized carbons (Fsp3) is 0.143. The van der Waals surface area contributed by atoms with Crippen LogP contribution in [0.1, 0.15) is 12.5 Å². The van der Waals surface area contributed by atoms with Gasteiger partial charge >= 0.3 is 0 Å². The summed E-state index contributed by atoms with van der Waals surface area (Å²) in [5.41, 5.74) is 0.860. The molecule has 0 spiro atoms. The fourth-order valence-electron chi connectivity index (χ4n) is 1.56. The van der Waals surface area contributed by atoms with E-state index in [4.69, 9.17) is 4.74 Å². The second-order valence-corrected chi connectivity index (χ2v) is 3.73. The Kier molecular flexibility index (Phi) is 4.34. The molecule has 0 saturated carbocycles. The van der Waals surface area contributed by atoms with Crippen molar-refractivity contribution >= 4 is 17.9 Å². The zero-order chi connectivity index (χ0) is 13.5. The number of nitrogens with zero attached hydrogens (tertiary/aromatic N) is 1. The average molecular weight is 257 g/mol. The molecule has 0 bridgehead atoms. The monoisotopic (exact) mass is 257 g/mol. The Bertz CT molecular complexity index is 562. The van der Waals surface area contributed by atoms with Crippen molar-refractivity contribution in [1.29, 1.82) is 0 Å². The van der Waals surface area contributed by atoms with E-state index in [1.165, 1.54) is 6.08 Å². The number of carbonyl (C=O) groups is 1. The smallest absolute Gasteiger partial charge is 0.250 e. The number of carbonyl (C=O) groups excluding carboxylic acids is 1. The van der Waals surface area contributed by atoms with Crippen LogP contribution in [0.15, 0.2) is 42.7 Å².